The third kappa shape index (κ3) is 4.34. The molecule has 1 fully saturated rings. The molecule has 1 aliphatic heterocycles. The van der Waals surface area contributed by atoms with E-state index in [4.69, 9.17) is 4.98 Å². The number of aromatic amines is 1. The second-order valence-electron chi connectivity index (χ2n) is 9.33. The van der Waals surface area contributed by atoms with E-state index < -0.39 is 0 Å². The van der Waals surface area contributed by atoms with Gasteiger partial charge in [-0.05, 0) is 55.2 Å². The first-order valence-corrected chi connectivity index (χ1v) is 12.1. The Morgan fingerprint density at radius 3 is 2.62 bits per heavy atom. The standard InChI is InChI=1S/C27H32N4O/c1-2-3-4-18-5-7-19(8-6-18)20-9-11-21(12-10-20)26-28-15-14-24(31-26)25-17-22-23(30-25)13-16-29-27(22)32/h9-12,14-15,17-19,30H,2-8,13,16H2,1H3,(H,29,32). The average Bonchev–Trinajstić information content (AvgIpc) is 3.29. The summed E-state index contributed by atoms with van der Waals surface area (Å²) < 4.78 is 0. The molecule has 1 aromatic carbocycles. The fourth-order valence-corrected chi connectivity index (χ4v) is 5.26. The molecule has 0 saturated heterocycles. The van der Waals surface area contributed by atoms with E-state index in [0.717, 1.165) is 40.5 Å². The molecule has 0 unspecified atom stereocenters. The lowest BCUT2D eigenvalue weighted by atomic mass is 9.77. The van der Waals surface area contributed by atoms with E-state index >= 15 is 0 Å². The van der Waals surface area contributed by atoms with E-state index in [1.165, 1.54) is 50.5 Å². The third-order valence-electron chi connectivity index (χ3n) is 7.19. The van der Waals surface area contributed by atoms with Crippen LogP contribution in [0.5, 0.6) is 0 Å². The van der Waals surface area contributed by atoms with Crippen LogP contribution in [0.25, 0.3) is 22.8 Å². The van der Waals surface area contributed by atoms with Gasteiger partial charge >= 0.3 is 0 Å². The fourth-order valence-electron chi connectivity index (χ4n) is 5.26. The molecule has 166 valence electrons. The van der Waals surface area contributed by atoms with Crippen molar-refractivity contribution in [3.63, 3.8) is 0 Å². The number of rotatable bonds is 6. The first kappa shape index (κ1) is 20.9. The van der Waals surface area contributed by atoms with E-state index in [-0.39, 0.29) is 5.91 Å². The third-order valence-corrected chi connectivity index (χ3v) is 7.19. The topological polar surface area (TPSA) is 70.7 Å². The molecule has 0 spiro atoms. The van der Waals surface area contributed by atoms with Gasteiger partial charge in [0.25, 0.3) is 5.91 Å². The Labute approximate surface area is 190 Å². The van der Waals surface area contributed by atoms with E-state index in [2.05, 4.69) is 46.5 Å². The van der Waals surface area contributed by atoms with Crippen LogP contribution in [0.1, 0.15) is 79.4 Å². The number of carbonyl (C=O) groups excluding carboxylic acids is 1. The molecule has 2 aliphatic rings. The summed E-state index contributed by atoms with van der Waals surface area (Å²) in [5.74, 6) is 2.32. The van der Waals surface area contributed by atoms with Gasteiger partial charge in [-0.3, -0.25) is 4.79 Å². The summed E-state index contributed by atoms with van der Waals surface area (Å²) in [6, 6.07) is 12.6. The lowest BCUT2D eigenvalue weighted by Gasteiger charge is -2.28. The van der Waals surface area contributed by atoms with Crippen molar-refractivity contribution < 1.29 is 4.79 Å². The maximum Gasteiger partial charge on any atom is 0.253 e. The van der Waals surface area contributed by atoms with Gasteiger partial charge in [0.05, 0.1) is 17.0 Å². The van der Waals surface area contributed by atoms with Crippen molar-refractivity contribution in [2.45, 2.75) is 64.2 Å². The van der Waals surface area contributed by atoms with Gasteiger partial charge in [-0.25, -0.2) is 9.97 Å². The molecule has 32 heavy (non-hydrogen) atoms. The highest BCUT2D eigenvalue weighted by Crippen LogP contribution is 2.38. The number of nitrogens with one attached hydrogen (secondary N) is 2. The highest BCUT2D eigenvalue weighted by atomic mass is 16.1. The number of benzene rings is 1. The number of amides is 1. The predicted molar refractivity (Wildman–Crippen MR) is 128 cm³/mol. The predicted octanol–water partition coefficient (Wildman–Crippen LogP) is 5.89. The molecule has 0 radical (unpaired) electrons. The Morgan fingerprint density at radius 1 is 1.06 bits per heavy atom. The molecule has 1 amide bonds. The van der Waals surface area contributed by atoms with E-state index in [1.807, 2.05) is 12.1 Å². The minimum absolute atomic E-state index is 0.0157. The molecular formula is C27H32N4O. The minimum atomic E-state index is -0.0157. The largest absolute Gasteiger partial charge is 0.356 e. The molecule has 0 atom stereocenters. The Kier molecular flexibility index (Phi) is 6.06. The summed E-state index contributed by atoms with van der Waals surface area (Å²) in [4.78, 5) is 24.8. The highest BCUT2D eigenvalue weighted by molar-refractivity contribution is 5.97. The number of hydrogen-bond acceptors (Lipinski definition) is 3. The zero-order chi connectivity index (χ0) is 21.9. The van der Waals surface area contributed by atoms with Crippen molar-refractivity contribution in [3.8, 4) is 22.8 Å². The second-order valence-corrected chi connectivity index (χ2v) is 9.33. The summed E-state index contributed by atoms with van der Waals surface area (Å²) in [6.45, 7) is 2.96. The minimum Gasteiger partial charge on any atom is -0.356 e. The Morgan fingerprint density at radius 2 is 1.88 bits per heavy atom. The molecule has 1 saturated carbocycles. The van der Waals surface area contributed by atoms with Crippen molar-refractivity contribution in [1.29, 1.82) is 0 Å². The smallest absolute Gasteiger partial charge is 0.253 e. The fraction of sp³-hybridized carbons (Fsp3) is 0.444. The van der Waals surface area contributed by atoms with E-state index in [1.54, 1.807) is 6.20 Å². The van der Waals surface area contributed by atoms with Gasteiger partial charge in [-0.2, -0.15) is 0 Å². The maximum atomic E-state index is 12.1. The lowest BCUT2D eigenvalue weighted by Crippen LogP contribution is -2.31. The van der Waals surface area contributed by atoms with Crippen LogP contribution in [0.4, 0.5) is 0 Å². The summed E-state index contributed by atoms with van der Waals surface area (Å²) in [7, 11) is 0. The lowest BCUT2D eigenvalue weighted by molar-refractivity contribution is 0.0946. The van der Waals surface area contributed by atoms with Gasteiger partial charge in [0.15, 0.2) is 5.82 Å². The number of carbonyl (C=O) groups is 1. The maximum absolute atomic E-state index is 12.1. The van der Waals surface area contributed by atoms with Gasteiger partial charge in [0, 0.05) is 30.4 Å². The number of nitrogens with zero attached hydrogens (tertiary/aromatic N) is 2. The molecule has 5 nitrogen and oxygen atoms in total. The van der Waals surface area contributed by atoms with E-state index in [0.29, 0.717) is 18.3 Å². The number of unbranched alkanes of at least 4 members (excludes halogenated alkanes) is 1. The monoisotopic (exact) mass is 428 g/mol. The van der Waals surface area contributed by atoms with Gasteiger partial charge in [0.2, 0.25) is 0 Å². The van der Waals surface area contributed by atoms with Crippen LogP contribution in [0.2, 0.25) is 0 Å². The van der Waals surface area contributed by atoms with Crippen LogP contribution in [0, 0.1) is 5.92 Å². The normalized spacial score (nSPS) is 20.6. The first-order valence-electron chi connectivity index (χ1n) is 12.1. The number of fused-ring (bicyclic) bond motifs is 1. The van der Waals surface area contributed by atoms with Crippen molar-refractivity contribution >= 4 is 5.91 Å². The van der Waals surface area contributed by atoms with Crippen LogP contribution >= 0.6 is 0 Å². The van der Waals surface area contributed by atoms with Crippen molar-refractivity contribution in [3.05, 3.63) is 59.4 Å². The second kappa shape index (κ2) is 9.27. The van der Waals surface area contributed by atoms with E-state index in [9.17, 15) is 4.79 Å². The van der Waals surface area contributed by atoms with Gasteiger partial charge in [-0.15, -0.1) is 0 Å². The molecule has 1 aliphatic carbocycles. The zero-order valence-electron chi connectivity index (χ0n) is 18.9. The van der Waals surface area contributed by atoms with Crippen molar-refractivity contribution in [2.75, 3.05) is 6.54 Å². The number of hydrogen-bond donors (Lipinski definition) is 2. The molecule has 5 heteroatoms. The summed E-state index contributed by atoms with van der Waals surface area (Å²) in [5.41, 5.74) is 5.86. The van der Waals surface area contributed by atoms with Crippen LogP contribution in [-0.2, 0) is 6.42 Å². The first-order chi connectivity index (χ1) is 15.7. The molecule has 2 aromatic heterocycles. The molecule has 5 rings (SSSR count). The van der Waals surface area contributed by atoms with Crippen LogP contribution in [0.15, 0.2) is 42.6 Å². The van der Waals surface area contributed by atoms with Gasteiger partial charge in [0.1, 0.15) is 0 Å². The zero-order valence-corrected chi connectivity index (χ0v) is 18.9. The summed E-state index contributed by atoms with van der Waals surface area (Å²) in [6.07, 6.45) is 12.1. The molecule has 2 N–H and O–H groups in total. The van der Waals surface area contributed by atoms with Crippen LogP contribution in [-0.4, -0.2) is 27.4 Å². The molecule has 3 aromatic rings. The Hall–Kier alpha value is -2.95. The Bertz CT molecular complexity index is 1080. The van der Waals surface area contributed by atoms with Gasteiger partial charge < -0.3 is 10.3 Å². The van der Waals surface area contributed by atoms with Crippen LogP contribution in [0.3, 0.4) is 0 Å². The number of aromatic nitrogens is 3. The summed E-state index contributed by atoms with van der Waals surface area (Å²) >= 11 is 0. The Balaban J connectivity index is 1.30. The summed E-state index contributed by atoms with van der Waals surface area (Å²) in [5, 5.41) is 2.89. The van der Waals surface area contributed by atoms with Crippen LogP contribution < -0.4 is 5.32 Å². The van der Waals surface area contributed by atoms with Crippen molar-refractivity contribution in [1.82, 2.24) is 20.3 Å². The number of H-pyrrole nitrogens is 1. The SMILES string of the molecule is CCCCC1CCC(c2ccc(-c3nccc(-c4cc5c([nH]4)CCNC5=O)n3)cc2)CC1. The molecular weight excluding hydrogens is 396 g/mol. The van der Waals surface area contributed by atoms with Crippen molar-refractivity contribution in [2.24, 2.45) is 5.92 Å². The average molecular weight is 429 g/mol. The highest BCUT2D eigenvalue weighted by Gasteiger charge is 2.23. The quantitative estimate of drug-likeness (QED) is 0.514. The van der Waals surface area contributed by atoms with Gasteiger partial charge in [-0.1, -0.05) is 50.5 Å². The molecule has 0 bridgehead atoms. The molecule has 3 heterocycles.